The smallest absolute Gasteiger partial charge is 0.337 e. The summed E-state index contributed by atoms with van der Waals surface area (Å²) >= 11 is 0. The van der Waals surface area contributed by atoms with Crippen LogP contribution >= 0.6 is 12.4 Å². The number of aromatic nitrogens is 1. The average Bonchev–Trinajstić information content (AvgIpc) is 2.45. The summed E-state index contributed by atoms with van der Waals surface area (Å²) in [6, 6.07) is 4.06. The second-order valence-electron chi connectivity index (χ2n) is 5.72. The normalized spacial score (nSPS) is 27.6. The zero-order valence-corrected chi connectivity index (χ0v) is 12.6. The summed E-state index contributed by atoms with van der Waals surface area (Å²) in [4.78, 5) is 17.8. The van der Waals surface area contributed by atoms with Gasteiger partial charge in [0.1, 0.15) is 0 Å². The molecule has 2 saturated heterocycles. The van der Waals surface area contributed by atoms with Crippen LogP contribution in [0.15, 0.2) is 18.3 Å². The zero-order chi connectivity index (χ0) is 14.1. The van der Waals surface area contributed by atoms with Crippen molar-refractivity contribution in [2.45, 2.75) is 50.1 Å². The quantitative estimate of drug-likeness (QED) is 0.665. The number of carboxylic acid groups (broad SMARTS) is 1. The lowest BCUT2D eigenvalue weighted by Crippen LogP contribution is -2.50. The molecule has 1 aromatic rings. The van der Waals surface area contributed by atoms with Gasteiger partial charge in [0, 0.05) is 24.2 Å². The summed E-state index contributed by atoms with van der Waals surface area (Å²) in [5.74, 6) is -0.693. The molecule has 0 aliphatic carbocycles. The van der Waals surface area contributed by atoms with Crippen molar-refractivity contribution in [3.05, 3.63) is 29.6 Å². The Hall–Kier alpha value is -1.62. The minimum absolute atomic E-state index is 0. The lowest BCUT2D eigenvalue weighted by Gasteiger charge is -2.48. The standard InChI is InChI=1S/C15H19N3O2.ClH/c16-9-18-11-3-1-4-12(18)8-10(7-11)14-13(15(19)20)5-2-6-17-14;/h2,5-6,9-12,16H,1,3-4,7-8H2,(H,19,20);1H. The highest BCUT2D eigenvalue weighted by atomic mass is 35.5. The Bertz CT molecular complexity index is 523. The number of fused-ring (bicyclic) bond motifs is 2. The fourth-order valence-electron chi connectivity index (χ4n) is 3.78. The lowest BCUT2D eigenvalue weighted by molar-refractivity contribution is 0.0688. The number of pyridine rings is 1. The third kappa shape index (κ3) is 2.88. The summed E-state index contributed by atoms with van der Waals surface area (Å²) in [6.07, 6.45) is 8.35. The van der Waals surface area contributed by atoms with Crippen LogP contribution in [0.25, 0.3) is 0 Å². The largest absolute Gasteiger partial charge is 0.478 e. The number of carbonyl (C=O) groups is 1. The molecule has 1 aromatic heterocycles. The Balaban J connectivity index is 0.00000161. The molecule has 114 valence electrons. The van der Waals surface area contributed by atoms with E-state index < -0.39 is 5.97 Å². The zero-order valence-electron chi connectivity index (χ0n) is 11.7. The van der Waals surface area contributed by atoms with Gasteiger partial charge in [-0.25, -0.2) is 4.79 Å². The lowest BCUT2D eigenvalue weighted by atomic mass is 9.76. The molecule has 0 aromatic carbocycles. The van der Waals surface area contributed by atoms with Crippen LogP contribution in [0.3, 0.4) is 0 Å². The molecule has 0 amide bonds. The maximum Gasteiger partial charge on any atom is 0.337 e. The number of hydrogen-bond acceptors (Lipinski definition) is 3. The number of rotatable bonds is 3. The molecule has 2 atom stereocenters. The summed E-state index contributed by atoms with van der Waals surface area (Å²) in [6.45, 7) is 0. The van der Waals surface area contributed by atoms with Crippen molar-refractivity contribution < 1.29 is 9.90 Å². The molecule has 5 nitrogen and oxygen atoms in total. The summed E-state index contributed by atoms with van der Waals surface area (Å²) in [5.41, 5.74) is 1.06. The van der Waals surface area contributed by atoms with Gasteiger partial charge in [-0.2, -0.15) is 0 Å². The molecule has 3 rings (SSSR count). The molecular formula is C15H20ClN3O2. The molecule has 2 bridgehead atoms. The molecule has 21 heavy (non-hydrogen) atoms. The molecule has 0 spiro atoms. The van der Waals surface area contributed by atoms with Gasteiger partial charge < -0.3 is 10.0 Å². The highest BCUT2D eigenvalue weighted by Gasteiger charge is 2.38. The van der Waals surface area contributed by atoms with Crippen LogP contribution in [0.2, 0.25) is 0 Å². The van der Waals surface area contributed by atoms with E-state index in [1.165, 1.54) is 12.8 Å². The molecule has 2 aliphatic rings. The number of piperidine rings is 2. The molecule has 0 radical (unpaired) electrons. The van der Waals surface area contributed by atoms with Gasteiger partial charge >= 0.3 is 5.97 Å². The van der Waals surface area contributed by atoms with E-state index in [-0.39, 0.29) is 18.3 Å². The van der Waals surface area contributed by atoms with E-state index in [0.717, 1.165) is 31.4 Å². The Kier molecular flexibility index (Phi) is 4.83. The maximum atomic E-state index is 11.3. The van der Waals surface area contributed by atoms with E-state index >= 15 is 0 Å². The predicted octanol–water partition coefficient (Wildman–Crippen LogP) is 2.91. The second kappa shape index (κ2) is 6.43. The van der Waals surface area contributed by atoms with Crippen molar-refractivity contribution in [1.82, 2.24) is 9.88 Å². The predicted molar refractivity (Wildman–Crippen MR) is 82.5 cm³/mol. The number of nitrogens with one attached hydrogen (secondary N) is 1. The molecular weight excluding hydrogens is 290 g/mol. The fraction of sp³-hybridized carbons (Fsp3) is 0.533. The number of hydrogen-bond donors (Lipinski definition) is 2. The Morgan fingerprint density at radius 1 is 1.38 bits per heavy atom. The highest BCUT2D eigenvalue weighted by Crippen LogP contribution is 2.40. The first-order valence-corrected chi connectivity index (χ1v) is 7.17. The van der Waals surface area contributed by atoms with Gasteiger partial charge in [0.25, 0.3) is 0 Å². The molecule has 0 saturated carbocycles. The van der Waals surface area contributed by atoms with Crippen LogP contribution in [-0.4, -0.2) is 39.4 Å². The Morgan fingerprint density at radius 2 is 2.05 bits per heavy atom. The van der Waals surface area contributed by atoms with Gasteiger partial charge in [-0.1, -0.05) is 0 Å². The number of carboxylic acids is 1. The first kappa shape index (κ1) is 15.8. The number of aromatic carboxylic acids is 1. The van der Waals surface area contributed by atoms with E-state index in [1.54, 1.807) is 18.3 Å². The molecule has 3 heterocycles. The third-order valence-corrected chi connectivity index (χ3v) is 4.64. The molecule has 2 unspecified atom stereocenters. The Morgan fingerprint density at radius 3 is 2.62 bits per heavy atom. The minimum Gasteiger partial charge on any atom is -0.478 e. The minimum atomic E-state index is -0.896. The maximum absolute atomic E-state index is 11.3. The van der Waals surface area contributed by atoms with E-state index in [9.17, 15) is 9.90 Å². The van der Waals surface area contributed by atoms with Crippen LogP contribution < -0.4 is 0 Å². The first-order chi connectivity index (χ1) is 9.70. The summed E-state index contributed by atoms with van der Waals surface area (Å²) in [5, 5.41) is 16.9. The first-order valence-electron chi connectivity index (χ1n) is 7.17. The number of halogens is 1. The monoisotopic (exact) mass is 309 g/mol. The van der Waals surface area contributed by atoms with Crippen LogP contribution in [0.5, 0.6) is 0 Å². The van der Waals surface area contributed by atoms with Crippen molar-refractivity contribution in [3.8, 4) is 0 Å². The molecule has 2 aliphatic heterocycles. The van der Waals surface area contributed by atoms with Gasteiger partial charge in [0.15, 0.2) is 0 Å². The van der Waals surface area contributed by atoms with Crippen LogP contribution in [-0.2, 0) is 0 Å². The van der Waals surface area contributed by atoms with E-state index in [2.05, 4.69) is 9.88 Å². The van der Waals surface area contributed by atoms with Crippen LogP contribution in [0.4, 0.5) is 0 Å². The average molecular weight is 310 g/mol. The van der Waals surface area contributed by atoms with Gasteiger partial charge in [0.05, 0.1) is 17.6 Å². The SMILES string of the molecule is Cl.N=CN1C2CCCC1CC(c1ncccc1C(=O)O)C2. The van der Waals surface area contributed by atoms with E-state index in [4.69, 9.17) is 5.41 Å². The summed E-state index contributed by atoms with van der Waals surface area (Å²) in [7, 11) is 0. The van der Waals surface area contributed by atoms with Crippen molar-refractivity contribution in [3.63, 3.8) is 0 Å². The third-order valence-electron chi connectivity index (χ3n) is 4.64. The van der Waals surface area contributed by atoms with Crippen LogP contribution in [0, 0.1) is 5.41 Å². The van der Waals surface area contributed by atoms with Crippen LogP contribution in [0.1, 0.15) is 54.1 Å². The van der Waals surface area contributed by atoms with Crippen molar-refractivity contribution >= 4 is 24.7 Å². The highest BCUT2D eigenvalue weighted by molar-refractivity contribution is 5.89. The molecule has 2 fully saturated rings. The second-order valence-corrected chi connectivity index (χ2v) is 5.72. The van der Waals surface area contributed by atoms with Crippen molar-refractivity contribution in [2.24, 2.45) is 0 Å². The van der Waals surface area contributed by atoms with Gasteiger partial charge in [-0.3, -0.25) is 10.4 Å². The summed E-state index contributed by atoms with van der Waals surface area (Å²) < 4.78 is 0. The topological polar surface area (TPSA) is 77.3 Å². The number of nitrogens with zero attached hydrogens (tertiary/aromatic N) is 2. The molecule has 6 heteroatoms. The van der Waals surface area contributed by atoms with E-state index in [1.807, 2.05) is 0 Å². The molecule has 2 N–H and O–H groups in total. The van der Waals surface area contributed by atoms with Gasteiger partial charge in [-0.05, 0) is 44.2 Å². The van der Waals surface area contributed by atoms with Crippen molar-refractivity contribution in [1.29, 1.82) is 5.41 Å². The van der Waals surface area contributed by atoms with Gasteiger partial charge in [-0.15, -0.1) is 12.4 Å². The fourth-order valence-corrected chi connectivity index (χ4v) is 3.78. The van der Waals surface area contributed by atoms with Gasteiger partial charge in [0.2, 0.25) is 0 Å². The van der Waals surface area contributed by atoms with Crippen molar-refractivity contribution in [2.75, 3.05) is 0 Å². The van der Waals surface area contributed by atoms with E-state index in [0.29, 0.717) is 17.6 Å². The Labute approximate surface area is 130 Å².